The number of hydrogen-bond donors (Lipinski definition) is 0. The van der Waals surface area contributed by atoms with Gasteiger partial charge in [-0.3, -0.25) is 0 Å². The summed E-state index contributed by atoms with van der Waals surface area (Å²) in [5, 5.41) is 0. The number of rotatable bonds is 1. The van der Waals surface area contributed by atoms with Crippen molar-refractivity contribution in [1.82, 2.24) is 0 Å². The third kappa shape index (κ3) is 3.75. The van der Waals surface area contributed by atoms with Gasteiger partial charge in [-0.2, -0.15) is 0 Å². The van der Waals surface area contributed by atoms with Gasteiger partial charge in [0, 0.05) is 0 Å². The fraction of sp³-hybridized carbons (Fsp3) is 1.00. The Kier molecular flexibility index (Phi) is 3.87. The molecule has 2 atom stereocenters. The quantitative estimate of drug-likeness (QED) is 0.542. The minimum absolute atomic E-state index is 0.528. The van der Waals surface area contributed by atoms with E-state index in [1.165, 1.54) is 32.1 Å². The van der Waals surface area contributed by atoms with Gasteiger partial charge in [-0.15, -0.1) is 0 Å². The molecule has 0 aliphatic heterocycles. The molecule has 2 aliphatic carbocycles. The smallest absolute Gasteiger partial charge is 0.0354 e. The van der Waals surface area contributed by atoms with Crippen LogP contribution in [0.3, 0.4) is 0 Å². The molecular formula is C18H34. The molecule has 0 aromatic rings. The molecule has 18 heavy (non-hydrogen) atoms. The zero-order valence-electron chi connectivity index (χ0n) is 13.6. The highest BCUT2D eigenvalue weighted by Crippen LogP contribution is 2.51. The summed E-state index contributed by atoms with van der Waals surface area (Å²) in [4.78, 5) is 0. The predicted octanol–water partition coefficient (Wildman–Crippen LogP) is 5.91. The maximum Gasteiger partial charge on any atom is -0.0354 e. The van der Waals surface area contributed by atoms with Gasteiger partial charge in [-0.05, 0) is 73.0 Å². The van der Waals surface area contributed by atoms with Crippen LogP contribution < -0.4 is 0 Å². The first kappa shape index (κ1) is 14.4. The monoisotopic (exact) mass is 250 g/mol. The molecule has 0 heterocycles. The van der Waals surface area contributed by atoms with Gasteiger partial charge in [0.25, 0.3) is 0 Å². The highest BCUT2D eigenvalue weighted by atomic mass is 14.5. The Morgan fingerprint density at radius 3 is 1.61 bits per heavy atom. The van der Waals surface area contributed by atoms with Gasteiger partial charge in [0.15, 0.2) is 0 Å². The summed E-state index contributed by atoms with van der Waals surface area (Å²) in [6, 6.07) is 0. The van der Waals surface area contributed by atoms with E-state index in [1.807, 2.05) is 0 Å². The van der Waals surface area contributed by atoms with Crippen molar-refractivity contribution in [1.29, 1.82) is 0 Å². The van der Waals surface area contributed by atoms with Crippen LogP contribution in [-0.4, -0.2) is 0 Å². The van der Waals surface area contributed by atoms with E-state index in [9.17, 15) is 0 Å². The van der Waals surface area contributed by atoms with Crippen molar-refractivity contribution in [3.8, 4) is 0 Å². The minimum Gasteiger partial charge on any atom is -0.0602 e. The molecule has 2 unspecified atom stereocenters. The molecule has 2 saturated carbocycles. The molecule has 2 aliphatic rings. The maximum atomic E-state index is 2.45. The van der Waals surface area contributed by atoms with Crippen molar-refractivity contribution in [2.45, 2.75) is 80.1 Å². The summed E-state index contributed by atoms with van der Waals surface area (Å²) < 4.78 is 0. The molecule has 0 radical (unpaired) electrons. The maximum absolute atomic E-state index is 2.45. The van der Waals surface area contributed by atoms with Gasteiger partial charge in [-0.1, -0.05) is 41.5 Å². The molecule has 0 spiro atoms. The summed E-state index contributed by atoms with van der Waals surface area (Å²) in [7, 11) is 0. The second-order valence-corrected chi connectivity index (χ2v) is 9.60. The van der Waals surface area contributed by atoms with Crippen LogP contribution in [0.4, 0.5) is 0 Å². The van der Waals surface area contributed by atoms with E-state index in [1.54, 1.807) is 6.42 Å². The fourth-order valence-electron chi connectivity index (χ4n) is 4.73. The molecule has 0 nitrogen and oxygen atoms in total. The van der Waals surface area contributed by atoms with E-state index in [0.29, 0.717) is 10.8 Å². The van der Waals surface area contributed by atoms with Crippen LogP contribution in [0, 0.1) is 34.5 Å². The molecule has 106 valence electrons. The van der Waals surface area contributed by atoms with E-state index in [-0.39, 0.29) is 0 Å². The summed E-state index contributed by atoms with van der Waals surface area (Å²) >= 11 is 0. The third-order valence-electron chi connectivity index (χ3n) is 5.36. The molecule has 2 fully saturated rings. The van der Waals surface area contributed by atoms with Crippen LogP contribution in [0.1, 0.15) is 80.1 Å². The molecule has 2 bridgehead atoms. The molecule has 2 rings (SSSR count). The Labute approximate surface area is 115 Å². The first-order valence-corrected chi connectivity index (χ1v) is 8.13. The van der Waals surface area contributed by atoms with Crippen LogP contribution in [-0.2, 0) is 0 Å². The van der Waals surface area contributed by atoms with Crippen LogP contribution in [0.2, 0.25) is 0 Å². The summed E-state index contributed by atoms with van der Waals surface area (Å²) in [5.74, 6) is 4.11. The fourth-order valence-corrected chi connectivity index (χ4v) is 4.73. The summed E-state index contributed by atoms with van der Waals surface area (Å²) in [6.45, 7) is 14.6. The number of fused-ring (bicyclic) bond motifs is 2. The van der Waals surface area contributed by atoms with E-state index < -0.39 is 0 Å². The van der Waals surface area contributed by atoms with Gasteiger partial charge < -0.3 is 0 Å². The van der Waals surface area contributed by atoms with Crippen molar-refractivity contribution in [2.75, 3.05) is 0 Å². The first-order chi connectivity index (χ1) is 8.13. The van der Waals surface area contributed by atoms with Gasteiger partial charge in [0.05, 0.1) is 0 Å². The second kappa shape index (κ2) is 4.84. The van der Waals surface area contributed by atoms with Crippen molar-refractivity contribution < 1.29 is 0 Å². The molecule has 0 heteroatoms. The van der Waals surface area contributed by atoms with Crippen molar-refractivity contribution >= 4 is 0 Å². The first-order valence-electron chi connectivity index (χ1n) is 8.13. The predicted molar refractivity (Wildman–Crippen MR) is 80.6 cm³/mol. The summed E-state index contributed by atoms with van der Waals surface area (Å²) in [6.07, 6.45) is 9.08. The zero-order valence-corrected chi connectivity index (χ0v) is 13.6. The van der Waals surface area contributed by atoms with Crippen molar-refractivity contribution in [2.24, 2.45) is 34.5 Å². The van der Waals surface area contributed by atoms with Crippen LogP contribution in [0.15, 0.2) is 0 Å². The Bertz CT molecular complexity index is 261. The minimum atomic E-state index is 0.528. The lowest BCUT2D eigenvalue weighted by molar-refractivity contribution is 0.0357. The number of hydrogen-bond acceptors (Lipinski definition) is 0. The zero-order chi connectivity index (χ0) is 13.6. The highest BCUT2D eigenvalue weighted by Gasteiger charge is 2.40. The third-order valence-corrected chi connectivity index (χ3v) is 5.36. The van der Waals surface area contributed by atoms with E-state index in [2.05, 4.69) is 41.5 Å². The van der Waals surface area contributed by atoms with Gasteiger partial charge >= 0.3 is 0 Å². The Morgan fingerprint density at radius 1 is 0.722 bits per heavy atom. The van der Waals surface area contributed by atoms with Gasteiger partial charge in [0.2, 0.25) is 0 Å². The molecule has 0 aromatic carbocycles. The second-order valence-electron chi connectivity index (χ2n) is 9.60. The highest BCUT2D eigenvalue weighted by molar-refractivity contribution is 4.91. The van der Waals surface area contributed by atoms with Crippen molar-refractivity contribution in [3.05, 3.63) is 0 Å². The van der Waals surface area contributed by atoms with Crippen LogP contribution in [0.5, 0.6) is 0 Å². The molecule has 0 amide bonds. The molecule has 0 saturated heterocycles. The van der Waals surface area contributed by atoms with Crippen LogP contribution >= 0.6 is 0 Å². The van der Waals surface area contributed by atoms with E-state index in [4.69, 9.17) is 0 Å². The average Bonchev–Trinajstić information content (AvgIpc) is 2.11. The molecule has 0 N–H and O–H groups in total. The van der Waals surface area contributed by atoms with Gasteiger partial charge in [-0.25, -0.2) is 0 Å². The lowest BCUT2D eigenvalue weighted by atomic mass is 9.58. The molecular weight excluding hydrogens is 216 g/mol. The van der Waals surface area contributed by atoms with E-state index >= 15 is 0 Å². The van der Waals surface area contributed by atoms with Crippen LogP contribution in [0.25, 0.3) is 0 Å². The lowest BCUT2D eigenvalue weighted by Crippen LogP contribution is -2.36. The van der Waals surface area contributed by atoms with E-state index in [0.717, 1.165) is 23.7 Å². The largest absolute Gasteiger partial charge is 0.0602 e. The van der Waals surface area contributed by atoms with Crippen molar-refractivity contribution in [3.63, 3.8) is 0 Å². The SMILES string of the molecule is CC(C)(C)CC1CC2CC(C1)CC(C(C)(C)C)C2. The Balaban J connectivity index is 1.95. The normalized spacial score (nSPS) is 37.7. The Hall–Kier alpha value is 0. The lowest BCUT2D eigenvalue weighted by Gasteiger charge is -2.47. The topological polar surface area (TPSA) is 0 Å². The van der Waals surface area contributed by atoms with Gasteiger partial charge in [0.1, 0.15) is 0 Å². The summed E-state index contributed by atoms with van der Waals surface area (Å²) in [5.41, 5.74) is 1.06. The Morgan fingerprint density at radius 2 is 1.22 bits per heavy atom. The average molecular weight is 250 g/mol. The molecule has 0 aromatic heterocycles. The standard InChI is InChI=1S/C18H34/c1-17(2,3)12-15-8-13-7-14(9-15)11-16(10-13)18(4,5)6/h13-16H,7-12H2,1-6H3.